The van der Waals surface area contributed by atoms with Crippen molar-refractivity contribution in [2.45, 2.75) is 26.9 Å². The van der Waals surface area contributed by atoms with Crippen LogP contribution in [0, 0.1) is 0 Å². The number of hydrogen-bond donors (Lipinski definition) is 1. The topological polar surface area (TPSA) is 47.6 Å². The molecule has 3 nitrogen and oxygen atoms in total. The standard InChI is InChI=1S/C9H13F3N2O/c1-4-5-8(9(10,11)12)14-6(2)7(3)15-13/h4-5H,13H2,1-3H3/b5-4-,7-6+,14-8+. The second-order valence-corrected chi connectivity index (χ2v) is 2.75. The molecule has 6 heteroatoms. The summed E-state index contributed by atoms with van der Waals surface area (Å²) in [6.07, 6.45) is -2.34. The number of nitrogens with two attached hydrogens (primary N) is 1. The Morgan fingerprint density at radius 3 is 2.20 bits per heavy atom. The highest BCUT2D eigenvalue weighted by molar-refractivity contribution is 6.00. The highest BCUT2D eigenvalue weighted by atomic mass is 19.4. The van der Waals surface area contributed by atoms with Crippen molar-refractivity contribution in [3.05, 3.63) is 23.6 Å². The van der Waals surface area contributed by atoms with E-state index in [9.17, 15) is 13.2 Å². The van der Waals surface area contributed by atoms with Gasteiger partial charge in [0.1, 0.15) is 11.5 Å². The molecule has 0 aliphatic rings. The van der Waals surface area contributed by atoms with Crippen LogP contribution < -0.4 is 5.90 Å². The molecule has 2 N–H and O–H groups in total. The van der Waals surface area contributed by atoms with E-state index in [1.165, 1.54) is 26.8 Å². The van der Waals surface area contributed by atoms with E-state index in [0.717, 1.165) is 6.08 Å². The first kappa shape index (κ1) is 13.7. The van der Waals surface area contributed by atoms with Crippen LogP contribution in [0.15, 0.2) is 28.6 Å². The molecule has 0 amide bonds. The molecule has 0 aromatic heterocycles. The SMILES string of the molecule is C\C=C/C(=N\C(C)=C(/C)ON)C(F)(F)F. The van der Waals surface area contributed by atoms with Crippen LogP contribution >= 0.6 is 0 Å². The van der Waals surface area contributed by atoms with Crippen LogP contribution in [0.1, 0.15) is 20.8 Å². The third-order valence-corrected chi connectivity index (χ3v) is 1.59. The third kappa shape index (κ3) is 4.64. The molecule has 86 valence electrons. The molecule has 0 saturated carbocycles. The first-order valence-electron chi connectivity index (χ1n) is 4.15. The maximum absolute atomic E-state index is 12.4. The Bertz CT molecular complexity index is 303. The number of halogens is 3. The number of rotatable bonds is 3. The minimum Gasteiger partial charge on any atom is -0.414 e. The van der Waals surface area contributed by atoms with E-state index < -0.39 is 11.9 Å². The predicted octanol–water partition coefficient (Wildman–Crippen LogP) is 2.71. The minimum atomic E-state index is -4.48. The van der Waals surface area contributed by atoms with Crippen LogP contribution in [0.5, 0.6) is 0 Å². The summed E-state index contributed by atoms with van der Waals surface area (Å²) in [5.74, 6) is 4.95. The zero-order valence-electron chi connectivity index (χ0n) is 8.72. The van der Waals surface area contributed by atoms with E-state index in [1.807, 2.05) is 0 Å². The Morgan fingerprint density at radius 1 is 1.33 bits per heavy atom. The van der Waals surface area contributed by atoms with Crippen molar-refractivity contribution in [1.82, 2.24) is 0 Å². The summed E-state index contributed by atoms with van der Waals surface area (Å²) in [5, 5.41) is 0. The summed E-state index contributed by atoms with van der Waals surface area (Å²) in [7, 11) is 0. The monoisotopic (exact) mass is 222 g/mol. The van der Waals surface area contributed by atoms with Gasteiger partial charge in [-0.1, -0.05) is 6.08 Å². The molecular formula is C9H13F3N2O. The third-order valence-electron chi connectivity index (χ3n) is 1.59. The van der Waals surface area contributed by atoms with Crippen molar-refractivity contribution in [2.24, 2.45) is 10.9 Å². The van der Waals surface area contributed by atoms with Crippen LogP contribution in [0.4, 0.5) is 13.2 Å². The first-order chi connectivity index (χ1) is 6.82. The Morgan fingerprint density at radius 2 is 1.87 bits per heavy atom. The quantitative estimate of drug-likeness (QED) is 0.453. The lowest BCUT2D eigenvalue weighted by Gasteiger charge is -2.07. The molecule has 0 heterocycles. The molecule has 0 radical (unpaired) electrons. The normalized spacial score (nSPS) is 15.5. The van der Waals surface area contributed by atoms with Gasteiger partial charge in [0.25, 0.3) is 0 Å². The van der Waals surface area contributed by atoms with Crippen molar-refractivity contribution in [1.29, 1.82) is 0 Å². The Kier molecular flexibility index (Phi) is 5.07. The Balaban J connectivity index is 5.19. The average Bonchev–Trinajstić information content (AvgIpc) is 2.14. The van der Waals surface area contributed by atoms with E-state index in [0.29, 0.717) is 0 Å². The van der Waals surface area contributed by atoms with Gasteiger partial charge in [-0.25, -0.2) is 4.99 Å². The molecule has 0 spiro atoms. The lowest BCUT2D eigenvalue weighted by molar-refractivity contribution is -0.0577. The van der Waals surface area contributed by atoms with Gasteiger partial charge in [-0.15, -0.1) is 0 Å². The van der Waals surface area contributed by atoms with Gasteiger partial charge in [-0.2, -0.15) is 19.1 Å². The van der Waals surface area contributed by atoms with Crippen molar-refractivity contribution in [3.63, 3.8) is 0 Å². The molecule has 0 rings (SSSR count). The fraction of sp³-hybridized carbons (Fsp3) is 0.444. The first-order valence-corrected chi connectivity index (χ1v) is 4.15. The summed E-state index contributed by atoms with van der Waals surface area (Å²) in [4.78, 5) is 7.67. The Hall–Kier alpha value is -1.30. The van der Waals surface area contributed by atoms with Crippen LogP contribution in [0.3, 0.4) is 0 Å². The lowest BCUT2D eigenvalue weighted by Crippen LogP contribution is -2.21. The molecule has 0 aliphatic carbocycles. The average molecular weight is 222 g/mol. The summed E-state index contributed by atoms with van der Waals surface area (Å²) < 4.78 is 37.1. The zero-order chi connectivity index (χ0) is 12.1. The molecule has 0 aromatic rings. The van der Waals surface area contributed by atoms with Crippen LogP contribution in [0.2, 0.25) is 0 Å². The van der Waals surface area contributed by atoms with E-state index in [4.69, 9.17) is 5.90 Å². The summed E-state index contributed by atoms with van der Waals surface area (Å²) in [6.45, 7) is 4.30. The van der Waals surface area contributed by atoms with Crippen LogP contribution in [-0.4, -0.2) is 11.9 Å². The maximum Gasteiger partial charge on any atom is 0.433 e. The number of alkyl halides is 3. The van der Waals surface area contributed by atoms with Crippen molar-refractivity contribution in [2.75, 3.05) is 0 Å². The number of aliphatic imine (C=N–C) groups is 1. The molecular weight excluding hydrogens is 209 g/mol. The largest absolute Gasteiger partial charge is 0.433 e. The summed E-state index contributed by atoms with van der Waals surface area (Å²) in [6, 6.07) is 0. The molecule has 0 atom stereocenters. The highest BCUT2D eigenvalue weighted by Crippen LogP contribution is 2.20. The predicted molar refractivity (Wildman–Crippen MR) is 52.0 cm³/mol. The second kappa shape index (κ2) is 5.55. The smallest absolute Gasteiger partial charge is 0.414 e. The van der Waals surface area contributed by atoms with Gasteiger partial charge in [-0.05, 0) is 26.8 Å². The fourth-order valence-electron chi connectivity index (χ4n) is 0.698. The van der Waals surface area contributed by atoms with Gasteiger partial charge in [-0.3, -0.25) is 0 Å². The molecule has 0 aromatic carbocycles. The van der Waals surface area contributed by atoms with Gasteiger partial charge < -0.3 is 4.84 Å². The second-order valence-electron chi connectivity index (χ2n) is 2.75. The van der Waals surface area contributed by atoms with Crippen LogP contribution in [-0.2, 0) is 4.84 Å². The van der Waals surface area contributed by atoms with E-state index in [2.05, 4.69) is 9.83 Å². The molecule has 15 heavy (non-hydrogen) atoms. The van der Waals surface area contributed by atoms with Gasteiger partial charge in [0.15, 0.2) is 0 Å². The number of allylic oxidation sites excluding steroid dienone is 4. The number of nitrogens with zero attached hydrogens (tertiary/aromatic N) is 1. The van der Waals surface area contributed by atoms with E-state index in [1.54, 1.807) is 0 Å². The highest BCUT2D eigenvalue weighted by Gasteiger charge is 2.33. The molecule has 0 aliphatic heterocycles. The van der Waals surface area contributed by atoms with Crippen molar-refractivity contribution < 1.29 is 18.0 Å². The van der Waals surface area contributed by atoms with E-state index >= 15 is 0 Å². The molecule has 0 saturated heterocycles. The summed E-state index contributed by atoms with van der Waals surface area (Å²) >= 11 is 0. The van der Waals surface area contributed by atoms with Gasteiger partial charge >= 0.3 is 6.18 Å². The Labute approximate surface area is 86.1 Å². The molecule has 0 bridgehead atoms. The lowest BCUT2D eigenvalue weighted by atomic mass is 10.3. The van der Waals surface area contributed by atoms with Gasteiger partial charge in [0.05, 0.1) is 5.70 Å². The van der Waals surface area contributed by atoms with Crippen molar-refractivity contribution >= 4 is 5.71 Å². The zero-order valence-corrected chi connectivity index (χ0v) is 8.72. The van der Waals surface area contributed by atoms with Crippen molar-refractivity contribution in [3.8, 4) is 0 Å². The van der Waals surface area contributed by atoms with E-state index in [-0.39, 0.29) is 11.5 Å². The van der Waals surface area contributed by atoms with Gasteiger partial charge in [0.2, 0.25) is 0 Å². The molecule has 0 fully saturated rings. The van der Waals surface area contributed by atoms with Gasteiger partial charge in [0, 0.05) is 0 Å². The molecule has 0 unspecified atom stereocenters. The maximum atomic E-state index is 12.4. The fourth-order valence-corrected chi connectivity index (χ4v) is 0.698. The minimum absolute atomic E-state index is 0.0860. The van der Waals surface area contributed by atoms with Crippen LogP contribution in [0.25, 0.3) is 0 Å². The number of hydrogen-bond acceptors (Lipinski definition) is 3. The summed E-state index contributed by atoms with van der Waals surface area (Å²) in [5.41, 5.74) is -0.901.